The van der Waals surface area contributed by atoms with Crippen molar-refractivity contribution in [2.75, 3.05) is 12.4 Å². The van der Waals surface area contributed by atoms with Gasteiger partial charge in [-0.2, -0.15) is 0 Å². The topological polar surface area (TPSA) is 64.3 Å². The Labute approximate surface area is 126 Å². The van der Waals surface area contributed by atoms with E-state index in [0.717, 1.165) is 0 Å². The maximum atomic E-state index is 13.4. The van der Waals surface area contributed by atoms with Gasteiger partial charge in [-0.3, -0.25) is 0 Å². The number of anilines is 2. The number of halogens is 2. The van der Waals surface area contributed by atoms with E-state index < -0.39 is 11.8 Å². The molecule has 3 N–H and O–H groups in total. The minimum atomic E-state index is -0.561. The molecular formula is C15H14ClFN2O2. The average molecular weight is 309 g/mol. The van der Waals surface area contributed by atoms with Crippen molar-refractivity contribution in [1.29, 1.82) is 0 Å². The molecule has 0 saturated heterocycles. The molecule has 0 aliphatic carbocycles. The summed E-state index contributed by atoms with van der Waals surface area (Å²) in [7, 11) is 1.26. The molecule has 0 aliphatic rings. The summed E-state index contributed by atoms with van der Waals surface area (Å²) in [6.45, 7) is 0.213. The Kier molecular flexibility index (Phi) is 4.77. The second kappa shape index (κ2) is 6.56. The molecule has 0 amide bonds. The third kappa shape index (κ3) is 3.32. The summed E-state index contributed by atoms with van der Waals surface area (Å²) >= 11 is 6.07. The van der Waals surface area contributed by atoms with E-state index in [1.54, 1.807) is 18.2 Å². The highest BCUT2D eigenvalue weighted by molar-refractivity contribution is 6.31. The number of carbonyl (C=O) groups excluding carboxylic acids is 1. The van der Waals surface area contributed by atoms with Gasteiger partial charge in [0, 0.05) is 22.8 Å². The van der Waals surface area contributed by atoms with Crippen LogP contribution in [0.15, 0.2) is 36.4 Å². The van der Waals surface area contributed by atoms with Gasteiger partial charge in [-0.05, 0) is 30.3 Å². The van der Waals surface area contributed by atoms with Crippen LogP contribution in [0.1, 0.15) is 15.9 Å². The molecule has 0 heterocycles. The first-order chi connectivity index (χ1) is 10.1. The smallest absolute Gasteiger partial charge is 0.339 e. The van der Waals surface area contributed by atoms with E-state index in [1.165, 1.54) is 25.3 Å². The van der Waals surface area contributed by atoms with Crippen LogP contribution in [0.4, 0.5) is 15.8 Å². The zero-order chi connectivity index (χ0) is 15.4. The number of methoxy groups -OCH3 is 1. The van der Waals surface area contributed by atoms with E-state index in [-0.39, 0.29) is 12.1 Å². The molecule has 6 heteroatoms. The molecule has 4 nitrogen and oxygen atoms in total. The predicted molar refractivity (Wildman–Crippen MR) is 80.4 cm³/mol. The fourth-order valence-electron chi connectivity index (χ4n) is 1.94. The molecule has 2 aromatic rings. The van der Waals surface area contributed by atoms with Gasteiger partial charge in [0.2, 0.25) is 0 Å². The van der Waals surface area contributed by atoms with Gasteiger partial charge in [0.1, 0.15) is 5.82 Å². The Morgan fingerprint density at radius 3 is 2.76 bits per heavy atom. The van der Waals surface area contributed by atoms with E-state index in [2.05, 4.69) is 10.1 Å². The number of esters is 1. The second-order valence-electron chi connectivity index (χ2n) is 4.28. The number of benzene rings is 2. The van der Waals surface area contributed by atoms with Crippen LogP contribution in [-0.2, 0) is 11.3 Å². The number of hydrogen-bond donors (Lipinski definition) is 2. The van der Waals surface area contributed by atoms with Gasteiger partial charge in [-0.25, -0.2) is 9.18 Å². The normalized spacial score (nSPS) is 10.3. The number of nitrogens with two attached hydrogens (primary N) is 1. The van der Waals surface area contributed by atoms with Crippen molar-refractivity contribution in [3.63, 3.8) is 0 Å². The largest absolute Gasteiger partial charge is 0.465 e. The Hall–Kier alpha value is -2.11. The summed E-state index contributed by atoms with van der Waals surface area (Å²) in [5.74, 6) is -1.03. The molecule has 0 aliphatic heterocycles. The molecule has 0 fully saturated rings. The number of rotatable bonds is 4. The lowest BCUT2D eigenvalue weighted by molar-refractivity contribution is 0.0602. The van der Waals surface area contributed by atoms with Gasteiger partial charge in [-0.15, -0.1) is 0 Å². The monoisotopic (exact) mass is 308 g/mol. The first kappa shape index (κ1) is 15.3. The van der Waals surface area contributed by atoms with Crippen LogP contribution >= 0.6 is 11.6 Å². The first-order valence-corrected chi connectivity index (χ1v) is 6.57. The zero-order valence-corrected chi connectivity index (χ0v) is 12.1. The van der Waals surface area contributed by atoms with Crippen molar-refractivity contribution in [3.8, 4) is 0 Å². The number of ether oxygens (including phenoxy) is 1. The molecule has 0 atom stereocenters. The van der Waals surface area contributed by atoms with Crippen LogP contribution in [0.5, 0.6) is 0 Å². The fourth-order valence-corrected chi connectivity index (χ4v) is 2.19. The van der Waals surface area contributed by atoms with Gasteiger partial charge in [0.05, 0.1) is 18.4 Å². The van der Waals surface area contributed by atoms with Gasteiger partial charge in [0.15, 0.2) is 0 Å². The van der Waals surface area contributed by atoms with E-state index >= 15 is 0 Å². The third-order valence-electron chi connectivity index (χ3n) is 2.98. The van der Waals surface area contributed by atoms with Crippen LogP contribution in [0.3, 0.4) is 0 Å². The van der Waals surface area contributed by atoms with E-state index in [0.29, 0.717) is 22.0 Å². The maximum Gasteiger partial charge on any atom is 0.339 e. The Balaban J connectivity index is 2.46. The van der Waals surface area contributed by atoms with Crippen LogP contribution < -0.4 is 11.1 Å². The van der Waals surface area contributed by atoms with Crippen molar-refractivity contribution in [2.24, 2.45) is 5.73 Å². The molecule has 0 aromatic heterocycles. The molecule has 0 unspecified atom stereocenters. The van der Waals surface area contributed by atoms with Crippen molar-refractivity contribution < 1.29 is 13.9 Å². The fraction of sp³-hybridized carbons (Fsp3) is 0.133. The van der Waals surface area contributed by atoms with E-state index in [9.17, 15) is 9.18 Å². The minimum Gasteiger partial charge on any atom is -0.465 e. The second-order valence-corrected chi connectivity index (χ2v) is 4.68. The summed E-state index contributed by atoms with van der Waals surface area (Å²) in [5, 5.41) is 3.48. The summed E-state index contributed by atoms with van der Waals surface area (Å²) in [6.07, 6.45) is 0. The summed E-state index contributed by atoms with van der Waals surface area (Å²) < 4.78 is 18.1. The SMILES string of the molecule is COC(=O)c1ccc(F)cc1Nc1cccc(Cl)c1CN. The Bertz CT molecular complexity index is 677. The van der Waals surface area contributed by atoms with Crippen LogP contribution in [-0.4, -0.2) is 13.1 Å². The van der Waals surface area contributed by atoms with Gasteiger partial charge >= 0.3 is 5.97 Å². The average Bonchev–Trinajstić information content (AvgIpc) is 2.47. The van der Waals surface area contributed by atoms with Gasteiger partial charge in [-0.1, -0.05) is 17.7 Å². The summed E-state index contributed by atoms with van der Waals surface area (Å²) in [6, 6.07) is 8.96. The number of hydrogen-bond acceptors (Lipinski definition) is 4. The van der Waals surface area contributed by atoms with Gasteiger partial charge < -0.3 is 15.8 Å². The third-order valence-corrected chi connectivity index (χ3v) is 3.33. The molecule has 0 radical (unpaired) electrons. The number of nitrogens with one attached hydrogen (secondary N) is 1. The molecule has 0 bridgehead atoms. The Morgan fingerprint density at radius 2 is 2.10 bits per heavy atom. The highest BCUT2D eigenvalue weighted by Crippen LogP contribution is 2.29. The summed E-state index contributed by atoms with van der Waals surface area (Å²) in [5.41, 5.74) is 7.48. The molecule has 110 valence electrons. The van der Waals surface area contributed by atoms with Crippen molar-refractivity contribution in [1.82, 2.24) is 0 Å². The van der Waals surface area contributed by atoms with E-state index in [1.807, 2.05) is 0 Å². The minimum absolute atomic E-state index is 0.213. The quantitative estimate of drug-likeness (QED) is 0.849. The maximum absolute atomic E-state index is 13.4. The predicted octanol–water partition coefficient (Wildman–Crippen LogP) is 3.47. The van der Waals surface area contributed by atoms with Gasteiger partial charge in [0.25, 0.3) is 0 Å². The highest BCUT2D eigenvalue weighted by Gasteiger charge is 2.14. The van der Waals surface area contributed by atoms with E-state index in [4.69, 9.17) is 17.3 Å². The van der Waals surface area contributed by atoms with Crippen molar-refractivity contribution in [2.45, 2.75) is 6.54 Å². The molecular weight excluding hydrogens is 295 g/mol. The molecule has 2 rings (SSSR count). The lowest BCUT2D eigenvalue weighted by Crippen LogP contribution is -2.08. The van der Waals surface area contributed by atoms with Crippen LogP contribution in [0.25, 0.3) is 0 Å². The number of carbonyl (C=O) groups is 1. The molecule has 0 spiro atoms. The Morgan fingerprint density at radius 1 is 1.33 bits per heavy atom. The molecule has 0 saturated carbocycles. The first-order valence-electron chi connectivity index (χ1n) is 6.19. The molecule has 2 aromatic carbocycles. The summed E-state index contributed by atoms with van der Waals surface area (Å²) in [4.78, 5) is 11.7. The standard InChI is InChI=1S/C15H14ClFN2O2/c1-21-15(20)10-6-5-9(17)7-14(10)19-13-4-2-3-12(16)11(13)8-18/h2-7,19H,8,18H2,1H3. The van der Waals surface area contributed by atoms with Crippen LogP contribution in [0.2, 0.25) is 5.02 Å². The highest BCUT2D eigenvalue weighted by atomic mass is 35.5. The van der Waals surface area contributed by atoms with Crippen LogP contribution in [0, 0.1) is 5.82 Å². The van der Waals surface area contributed by atoms with Crippen molar-refractivity contribution in [3.05, 3.63) is 58.4 Å². The lowest BCUT2D eigenvalue weighted by atomic mass is 10.1. The van der Waals surface area contributed by atoms with Crippen molar-refractivity contribution >= 4 is 28.9 Å². The lowest BCUT2D eigenvalue weighted by Gasteiger charge is -2.14. The zero-order valence-electron chi connectivity index (χ0n) is 11.3. The molecule has 21 heavy (non-hydrogen) atoms.